The molecule has 194 valence electrons. The summed E-state index contributed by atoms with van der Waals surface area (Å²) in [4.78, 5) is 36.2. The van der Waals surface area contributed by atoms with Gasteiger partial charge >= 0.3 is 5.97 Å². The van der Waals surface area contributed by atoms with E-state index in [1.165, 1.54) is 71.3 Å². The number of carbonyl (C=O) groups excluding carboxylic acids is 3. The smallest absolute Gasteiger partial charge is 0.328 e. The average molecular weight is 469 g/mol. The van der Waals surface area contributed by atoms with E-state index in [1.54, 1.807) is 0 Å². The first-order valence-corrected chi connectivity index (χ1v) is 13.7. The van der Waals surface area contributed by atoms with Gasteiger partial charge < -0.3 is 15.4 Å². The molecule has 0 spiro atoms. The van der Waals surface area contributed by atoms with Crippen LogP contribution >= 0.6 is 0 Å². The van der Waals surface area contributed by atoms with Gasteiger partial charge in [-0.3, -0.25) is 9.59 Å². The van der Waals surface area contributed by atoms with Crippen LogP contribution < -0.4 is 10.6 Å². The van der Waals surface area contributed by atoms with E-state index in [9.17, 15) is 14.4 Å². The minimum atomic E-state index is -0.601. The summed E-state index contributed by atoms with van der Waals surface area (Å²) in [5.74, 6) is -0.371. The first-order valence-electron chi connectivity index (χ1n) is 13.7. The van der Waals surface area contributed by atoms with Gasteiger partial charge in [0.1, 0.15) is 6.04 Å². The molecule has 0 saturated heterocycles. The van der Waals surface area contributed by atoms with Gasteiger partial charge in [0.15, 0.2) is 0 Å². The number of hydrogen-bond donors (Lipinski definition) is 2. The third kappa shape index (κ3) is 20.7. The van der Waals surface area contributed by atoms with Crippen LogP contribution in [0.1, 0.15) is 136 Å². The molecular weight excluding hydrogens is 416 g/mol. The molecule has 0 aromatic carbocycles. The molecular formula is C27H52N2O4. The fourth-order valence-electron chi connectivity index (χ4n) is 3.93. The van der Waals surface area contributed by atoms with Crippen molar-refractivity contribution in [2.45, 2.75) is 142 Å². The summed E-state index contributed by atoms with van der Waals surface area (Å²) in [5, 5.41) is 5.79. The number of rotatable bonds is 23. The molecule has 2 N–H and O–H groups in total. The molecule has 0 aliphatic rings. The second kappa shape index (κ2) is 23.6. The lowest BCUT2D eigenvalue weighted by Crippen LogP contribution is -2.41. The molecule has 0 aliphatic heterocycles. The summed E-state index contributed by atoms with van der Waals surface area (Å²) < 4.78 is 4.85. The summed E-state index contributed by atoms with van der Waals surface area (Å²) in [7, 11) is 1.35. The Labute approximate surface area is 203 Å². The molecule has 0 heterocycles. The Hall–Kier alpha value is -1.59. The highest BCUT2D eigenvalue weighted by Crippen LogP contribution is 2.10. The lowest BCUT2D eigenvalue weighted by molar-refractivity contribution is -0.145. The fraction of sp³-hybridized carbons (Fsp3) is 0.889. The molecule has 6 nitrogen and oxygen atoms in total. The molecule has 0 saturated carbocycles. The van der Waals surface area contributed by atoms with E-state index in [-0.39, 0.29) is 11.8 Å². The molecule has 1 unspecified atom stereocenters. The summed E-state index contributed by atoms with van der Waals surface area (Å²) in [5.41, 5.74) is 0. The lowest BCUT2D eigenvalue weighted by atomic mass is 10.1. The number of methoxy groups -OCH3 is 1. The van der Waals surface area contributed by atoms with Gasteiger partial charge in [0.25, 0.3) is 0 Å². The van der Waals surface area contributed by atoms with Crippen molar-refractivity contribution in [3.05, 3.63) is 0 Å². The standard InChI is InChI=1S/C27H52N2O4/c1-4-6-8-10-12-14-16-21-25(30)28-23-19-18-20-24(27(32)33-3)29-26(31)22-17-15-13-11-9-7-5-2/h24H,4-23H2,1-3H3,(H,28,30)(H,29,31). The van der Waals surface area contributed by atoms with Gasteiger partial charge in [-0.15, -0.1) is 0 Å². The number of hydrogen-bond acceptors (Lipinski definition) is 4. The first kappa shape index (κ1) is 31.4. The van der Waals surface area contributed by atoms with Crippen molar-refractivity contribution in [1.29, 1.82) is 0 Å². The van der Waals surface area contributed by atoms with Crippen LogP contribution in [-0.4, -0.2) is 37.5 Å². The number of amides is 2. The summed E-state index contributed by atoms with van der Waals surface area (Å²) in [6.07, 6.45) is 19.6. The summed E-state index contributed by atoms with van der Waals surface area (Å²) in [6.45, 7) is 5.03. The van der Waals surface area contributed by atoms with Crippen LogP contribution in [-0.2, 0) is 19.1 Å². The van der Waals surface area contributed by atoms with Crippen LogP contribution in [0.4, 0.5) is 0 Å². The highest BCUT2D eigenvalue weighted by atomic mass is 16.5. The average Bonchev–Trinajstić information content (AvgIpc) is 2.81. The topological polar surface area (TPSA) is 84.5 Å². The van der Waals surface area contributed by atoms with Gasteiger partial charge in [-0.25, -0.2) is 4.79 Å². The van der Waals surface area contributed by atoms with E-state index in [0.717, 1.165) is 38.5 Å². The number of carbonyl (C=O) groups is 3. The Kier molecular flexibility index (Phi) is 22.4. The van der Waals surface area contributed by atoms with Gasteiger partial charge in [0, 0.05) is 19.4 Å². The van der Waals surface area contributed by atoms with Crippen molar-refractivity contribution in [3.8, 4) is 0 Å². The predicted octanol–water partition coefficient (Wildman–Crippen LogP) is 6.21. The van der Waals surface area contributed by atoms with Crippen molar-refractivity contribution in [3.63, 3.8) is 0 Å². The van der Waals surface area contributed by atoms with Crippen LogP contribution in [0, 0.1) is 0 Å². The van der Waals surface area contributed by atoms with Crippen molar-refractivity contribution < 1.29 is 19.1 Å². The van der Waals surface area contributed by atoms with Crippen molar-refractivity contribution in [2.75, 3.05) is 13.7 Å². The van der Waals surface area contributed by atoms with E-state index in [4.69, 9.17) is 4.74 Å². The Morgan fingerprint density at radius 1 is 0.636 bits per heavy atom. The molecule has 2 amide bonds. The van der Waals surface area contributed by atoms with Crippen molar-refractivity contribution >= 4 is 17.8 Å². The Morgan fingerprint density at radius 2 is 1.12 bits per heavy atom. The highest BCUT2D eigenvalue weighted by molar-refractivity contribution is 5.84. The number of unbranched alkanes of at least 4 members (excludes halogenated alkanes) is 13. The second-order valence-electron chi connectivity index (χ2n) is 9.23. The molecule has 0 rings (SSSR count). The molecule has 0 aromatic rings. The molecule has 0 fully saturated rings. The minimum Gasteiger partial charge on any atom is -0.467 e. The van der Waals surface area contributed by atoms with E-state index in [1.807, 2.05) is 0 Å². The van der Waals surface area contributed by atoms with Crippen LogP contribution in [0.3, 0.4) is 0 Å². The zero-order valence-electron chi connectivity index (χ0n) is 21.9. The SMILES string of the molecule is CCCCCCCCCC(=O)NCCCCC(NC(=O)CCCCCCCCC)C(=O)OC. The van der Waals surface area contributed by atoms with Gasteiger partial charge in [0.05, 0.1) is 7.11 Å². The Morgan fingerprint density at radius 3 is 1.64 bits per heavy atom. The number of nitrogens with one attached hydrogen (secondary N) is 2. The molecule has 0 aliphatic carbocycles. The van der Waals surface area contributed by atoms with Crippen molar-refractivity contribution in [1.82, 2.24) is 10.6 Å². The first-order chi connectivity index (χ1) is 16.0. The van der Waals surface area contributed by atoms with Crippen LogP contribution in [0.25, 0.3) is 0 Å². The Bertz CT molecular complexity index is 497. The van der Waals surface area contributed by atoms with E-state index in [2.05, 4.69) is 24.5 Å². The van der Waals surface area contributed by atoms with E-state index in [0.29, 0.717) is 25.8 Å². The zero-order chi connectivity index (χ0) is 24.6. The normalized spacial score (nSPS) is 11.7. The maximum absolute atomic E-state index is 12.2. The van der Waals surface area contributed by atoms with E-state index < -0.39 is 12.0 Å². The lowest BCUT2D eigenvalue weighted by Gasteiger charge is -2.16. The second-order valence-corrected chi connectivity index (χ2v) is 9.23. The number of esters is 1. The van der Waals surface area contributed by atoms with Gasteiger partial charge in [-0.2, -0.15) is 0 Å². The molecule has 0 radical (unpaired) electrons. The molecule has 1 atom stereocenters. The minimum absolute atomic E-state index is 0.0815. The molecule has 33 heavy (non-hydrogen) atoms. The fourth-order valence-corrected chi connectivity index (χ4v) is 3.93. The maximum atomic E-state index is 12.2. The zero-order valence-corrected chi connectivity index (χ0v) is 21.9. The monoisotopic (exact) mass is 468 g/mol. The quantitative estimate of drug-likeness (QED) is 0.138. The predicted molar refractivity (Wildman–Crippen MR) is 136 cm³/mol. The van der Waals surface area contributed by atoms with Gasteiger partial charge in [-0.05, 0) is 32.1 Å². The van der Waals surface area contributed by atoms with Crippen LogP contribution in [0.15, 0.2) is 0 Å². The van der Waals surface area contributed by atoms with Gasteiger partial charge in [0.2, 0.25) is 11.8 Å². The third-order valence-corrected chi connectivity index (χ3v) is 6.08. The number of ether oxygens (including phenoxy) is 1. The van der Waals surface area contributed by atoms with E-state index >= 15 is 0 Å². The Balaban J connectivity index is 3.87. The largest absolute Gasteiger partial charge is 0.467 e. The highest BCUT2D eigenvalue weighted by Gasteiger charge is 2.20. The maximum Gasteiger partial charge on any atom is 0.328 e. The molecule has 0 aromatic heterocycles. The summed E-state index contributed by atoms with van der Waals surface area (Å²) in [6, 6.07) is -0.601. The van der Waals surface area contributed by atoms with Crippen molar-refractivity contribution in [2.24, 2.45) is 0 Å². The van der Waals surface area contributed by atoms with Crippen LogP contribution in [0.5, 0.6) is 0 Å². The van der Waals surface area contributed by atoms with Gasteiger partial charge in [-0.1, -0.05) is 90.9 Å². The third-order valence-electron chi connectivity index (χ3n) is 6.08. The van der Waals surface area contributed by atoms with Crippen LogP contribution in [0.2, 0.25) is 0 Å². The summed E-state index contributed by atoms with van der Waals surface area (Å²) >= 11 is 0. The molecule has 6 heteroatoms. The molecule has 0 bridgehead atoms.